The Hall–Kier alpha value is 0.724. The van der Waals surface area contributed by atoms with Crippen molar-refractivity contribution in [2.24, 2.45) is 0 Å². The normalized spacial score (nSPS) is 14.4. The molecule has 0 bridgehead atoms. The van der Waals surface area contributed by atoms with Crippen LogP contribution in [0.3, 0.4) is 0 Å². The fourth-order valence-electron chi connectivity index (χ4n) is 1.12. The van der Waals surface area contributed by atoms with Crippen LogP contribution in [0.25, 0.3) is 0 Å². The molecule has 62 valence electrons. The summed E-state index contributed by atoms with van der Waals surface area (Å²) in [7, 11) is -2.30. The molecule has 0 saturated heterocycles. The lowest BCUT2D eigenvalue weighted by Crippen LogP contribution is -2.43. The average Bonchev–Trinajstić information content (AvgIpc) is 1.59. The maximum absolute atomic E-state index is 6.27. The smallest absolute Gasteiger partial charge is 0.0868 e. The van der Waals surface area contributed by atoms with E-state index in [1.54, 1.807) is 0 Å². The maximum Gasteiger partial charge on any atom is -0.0868 e. The van der Waals surface area contributed by atoms with Crippen molar-refractivity contribution in [1.29, 1.82) is 0 Å². The van der Waals surface area contributed by atoms with E-state index in [-0.39, 0.29) is 0 Å². The second-order valence-electron chi connectivity index (χ2n) is 4.81. The largest absolute Gasteiger partial charge is 0.349 e. The molecule has 10 heavy (non-hydrogen) atoms. The van der Waals surface area contributed by atoms with Crippen molar-refractivity contribution in [2.45, 2.75) is 39.3 Å². The second kappa shape index (κ2) is 2.99. The molecule has 0 fully saturated rings. The molecule has 0 saturated carbocycles. The summed E-state index contributed by atoms with van der Waals surface area (Å²) in [6.45, 7) is 13.9. The van der Waals surface area contributed by atoms with Crippen molar-refractivity contribution < 1.29 is 0 Å². The van der Waals surface area contributed by atoms with E-state index in [0.717, 1.165) is 0 Å². The van der Waals surface area contributed by atoms with E-state index >= 15 is 0 Å². The molecular weight excluding hydrogens is 176 g/mol. The quantitative estimate of drug-likeness (QED) is 0.465. The number of halogens is 1. The molecule has 0 aliphatic rings. The van der Waals surface area contributed by atoms with Crippen LogP contribution in [-0.2, 0) is 0 Å². The Morgan fingerprint density at radius 3 is 1.00 bits per heavy atom. The van der Waals surface area contributed by atoms with Crippen LogP contribution in [0.5, 0.6) is 0 Å². The maximum atomic E-state index is 6.27. The first-order valence-corrected chi connectivity index (χ1v) is 11.1. The highest BCUT2D eigenvalue weighted by atomic mass is 35.5. The minimum absolute atomic E-state index is 1.15. The van der Waals surface area contributed by atoms with Crippen LogP contribution in [0, 0.1) is 4.62 Å². The Kier molecular flexibility index (Phi) is 3.21. The number of hydrogen-bond acceptors (Lipinski definition) is 0. The van der Waals surface area contributed by atoms with Crippen molar-refractivity contribution >= 4 is 27.7 Å². The molecule has 0 amide bonds. The van der Waals surface area contributed by atoms with Gasteiger partial charge in [0.05, 0.1) is 0 Å². The lowest BCUT2D eigenvalue weighted by molar-refractivity contribution is 1.60. The minimum atomic E-state index is -1.15. The molecule has 3 heteroatoms. The van der Waals surface area contributed by atoms with Gasteiger partial charge in [-0.15, -0.1) is 0 Å². The average molecular weight is 194 g/mol. The Bertz CT molecular complexity index is 95.8. The van der Waals surface area contributed by atoms with Gasteiger partial charge < -0.3 is 11.6 Å². The molecule has 0 rings (SSSR count). The van der Waals surface area contributed by atoms with Gasteiger partial charge in [-0.25, -0.2) is 4.62 Å². The van der Waals surface area contributed by atoms with Crippen LogP contribution in [0.2, 0.25) is 39.3 Å². The molecule has 0 nitrogen and oxygen atoms in total. The van der Waals surface area contributed by atoms with Crippen molar-refractivity contribution in [1.82, 2.24) is 0 Å². The third-order valence-electron chi connectivity index (χ3n) is 1.32. The van der Waals surface area contributed by atoms with E-state index in [4.69, 9.17) is 11.6 Å². The third kappa shape index (κ3) is 3.21. The van der Waals surface area contributed by atoms with Gasteiger partial charge in [-0.05, 0) is 0 Å². The van der Waals surface area contributed by atoms with Gasteiger partial charge in [0.1, 0.15) is 0 Å². The predicted octanol–water partition coefficient (Wildman–Crippen LogP) is 3.51. The first-order valence-electron chi connectivity index (χ1n) is 3.69. The van der Waals surface area contributed by atoms with E-state index in [2.05, 4.69) is 39.3 Å². The molecule has 0 aromatic rings. The summed E-state index contributed by atoms with van der Waals surface area (Å²) >= 11 is 6.27. The zero-order valence-electron chi connectivity index (χ0n) is 7.88. The molecule has 0 aromatic heterocycles. The van der Waals surface area contributed by atoms with Gasteiger partial charge in [-0.1, -0.05) is 55.4 Å². The summed E-state index contributed by atoms with van der Waals surface area (Å²) in [5.41, 5.74) is 0. The molecule has 0 aromatic carbocycles. The molecular formula is C7H18ClSi2-. The SMILES string of the molecule is C[Si](C)(C)[C-](Cl)[Si](C)(C)C. The van der Waals surface area contributed by atoms with Gasteiger partial charge in [-0.2, -0.15) is 0 Å². The molecule has 0 N–H and O–H groups in total. The van der Waals surface area contributed by atoms with Gasteiger partial charge in [0, 0.05) is 0 Å². The van der Waals surface area contributed by atoms with Crippen molar-refractivity contribution in [3.05, 3.63) is 4.62 Å². The van der Waals surface area contributed by atoms with E-state index < -0.39 is 16.1 Å². The van der Waals surface area contributed by atoms with Gasteiger partial charge in [0.2, 0.25) is 0 Å². The molecule has 0 atom stereocenters. The molecule has 0 aliphatic heterocycles. The van der Waals surface area contributed by atoms with E-state index in [9.17, 15) is 0 Å². The van der Waals surface area contributed by atoms with Crippen LogP contribution in [0.15, 0.2) is 0 Å². The molecule has 0 aliphatic carbocycles. The lowest BCUT2D eigenvalue weighted by atomic mass is 11.7. The van der Waals surface area contributed by atoms with E-state index in [1.807, 2.05) is 0 Å². The second-order valence-corrected chi connectivity index (χ2v) is 16.3. The van der Waals surface area contributed by atoms with Crippen molar-refractivity contribution in [3.8, 4) is 0 Å². The molecule has 0 unspecified atom stereocenters. The zero-order chi connectivity index (χ0) is 8.58. The highest BCUT2D eigenvalue weighted by molar-refractivity contribution is 7.10. The lowest BCUT2D eigenvalue weighted by Gasteiger charge is -2.47. The van der Waals surface area contributed by atoms with Gasteiger partial charge in [0.25, 0.3) is 0 Å². The van der Waals surface area contributed by atoms with E-state index in [0.29, 0.717) is 0 Å². The Labute approximate surface area is 72.0 Å². The van der Waals surface area contributed by atoms with Gasteiger partial charge in [-0.3, -0.25) is 0 Å². The fraction of sp³-hybridized carbons (Fsp3) is 0.857. The molecule has 0 radical (unpaired) electrons. The first-order chi connectivity index (χ1) is 4.15. The highest BCUT2D eigenvalue weighted by Crippen LogP contribution is 2.31. The summed E-state index contributed by atoms with van der Waals surface area (Å²) in [5, 5.41) is 0. The molecule has 0 spiro atoms. The predicted molar refractivity (Wildman–Crippen MR) is 55.8 cm³/mol. The van der Waals surface area contributed by atoms with Crippen molar-refractivity contribution in [2.75, 3.05) is 0 Å². The van der Waals surface area contributed by atoms with Crippen LogP contribution in [0.4, 0.5) is 0 Å². The topological polar surface area (TPSA) is 0 Å². The van der Waals surface area contributed by atoms with Gasteiger partial charge >= 0.3 is 0 Å². The Morgan fingerprint density at radius 2 is 1.00 bits per heavy atom. The monoisotopic (exact) mass is 193 g/mol. The summed E-state index contributed by atoms with van der Waals surface area (Å²) < 4.78 is 1.32. The summed E-state index contributed by atoms with van der Waals surface area (Å²) in [4.78, 5) is 0. The third-order valence-corrected chi connectivity index (χ3v) is 11.9. The van der Waals surface area contributed by atoms with Crippen LogP contribution in [-0.4, -0.2) is 16.1 Å². The zero-order valence-corrected chi connectivity index (χ0v) is 10.6. The van der Waals surface area contributed by atoms with Crippen molar-refractivity contribution in [3.63, 3.8) is 0 Å². The summed E-state index contributed by atoms with van der Waals surface area (Å²) in [6, 6.07) is 0. The number of hydrogen-bond donors (Lipinski definition) is 0. The Morgan fingerprint density at radius 1 is 0.800 bits per heavy atom. The van der Waals surface area contributed by atoms with Gasteiger partial charge in [0.15, 0.2) is 0 Å². The molecule has 0 heterocycles. The number of rotatable bonds is 2. The minimum Gasteiger partial charge on any atom is -0.349 e. The Balaban J connectivity index is 4.23. The van der Waals surface area contributed by atoms with Crippen LogP contribution < -0.4 is 0 Å². The van der Waals surface area contributed by atoms with E-state index in [1.165, 1.54) is 4.62 Å². The fourth-order valence-corrected chi connectivity index (χ4v) is 10.1. The summed E-state index contributed by atoms with van der Waals surface area (Å²) in [6.07, 6.45) is 0. The van der Waals surface area contributed by atoms with Crippen LogP contribution in [0.1, 0.15) is 0 Å². The standard InChI is InChI=1S/C7H18ClSi2/c1-9(2,3)7(8)10(4,5)6/h1-6H3/q-1. The first kappa shape index (κ1) is 10.7. The van der Waals surface area contributed by atoms with Crippen LogP contribution >= 0.6 is 11.6 Å². The summed E-state index contributed by atoms with van der Waals surface area (Å²) in [5.74, 6) is 0. The highest BCUT2D eigenvalue weighted by Gasteiger charge is 2.21.